The van der Waals surface area contributed by atoms with Crippen LogP contribution in [-0.4, -0.2) is 44.3 Å². The molecule has 0 bridgehead atoms. The summed E-state index contributed by atoms with van der Waals surface area (Å²) in [5.41, 5.74) is 10.3. The number of benzene rings is 7. The van der Waals surface area contributed by atoms with Crippen LogP contribution in [0.25, 0.3) is 52.4 Å². The minimum absolute atomic E-state index is 0.411. The Balaban J connectivity index is 1.27. The van der Waals surface area contributed by atoms with Crippen molar-refractivity contribution in [2.45, 2.75) is 6.92 Å². The van der Waals surface area contributed by atoms with Crippen LogP contribution in [0, 0.1) is 47.5 Å². The Morgan fingerprint density at radius 1 is 0.395 bits per heavy atom. The molecule has 0 aromatic heterocycles. The molecule has 0 fully saturated rings. The third-order valence-electron chi connectivity index (χ3n) is 11.7. The summed E-state index contributed by atoms with van der Waals surface area (Å²) < 4.78 is 0. The van der Waals surface area contributed by atoms with Crippen LogP contribution >= 0.6 is 0 Å². The fourth-order valence-corrected chi connectivity index (χ4v) is 7.84. The molecule has 0 unspecified atom stereocenters. The molecule has 76 heavy (non-hydrogen) atoms. The Bertz CT molecular complexity index is 3340. The Hall–Kier alpha value is -11.4. The molecule has 7 rings (SSSR count). The maximum Gasteiger partial charge on any atom is 0.346 e. The van der Waals surface area contributed by atoms with Gasteiger partial charge in [0.1, 0.15) is 34.9 Å². The Kier molecular flexibility index (Phi) is 16.7. The zero-order valence-electron chi connectivity index (χ0n) is 40.3. The molecule has 366 valence electrons. The van der Waals surface area contributed by atoms with Gasteiger partial charge in [-0.1, -0.05) is 139 Å². The molecule has 13 nitrogen and oxygen atoms in total. The smallest absolute Gasteiger partial charge is 0.346 e. The predicted molar refractivity (Wildman–Crippen MR) is 291 cm³/mol. The molecule has 0 radical (unpaired) electrons. The van der Waals surface area contributed by atoms with Crippen molar-refractivity contribution >= 4 is 88.5 Å². The summed E-state index contributed by atoms with van der Waals surface area (Å²) in [6.45, 7) is 9.26. The van der Waals surface area contributed by atoms with Gasteiger partial charge in [-0.25, -0.2) is 19.2 Å². The van der Waals surface area contributed by atoms with Crippen molar-refractivity contribution in [3.8, 4) is 18.2 Å². The minimum atomic E-state index is -1.34. The van der Waals surface area contributed by atoms with E-state index in [1.54, 1.807) is 66.7 Å². The van der Waals surface area contributed by atoms with E-state index in [9.17, 15) is 55.4 Å². The summed E-state index contributed by atoms with van der Waals surface area (Å²) in [5, 5.41) is 65.6. The summed E-state index contributed by atoms with van der Waals surface area (Å²) in [6.07, 6.45) is 9.12. The topological polar surface area (TPSA) is 228 Å². The van der Waals surface area contributed by atoms with Crippen LogP contribution in [0.5, 0.6) is 0 Å². The number of carboxylic acid groups (broad SMARTS) is 4. The first-order valence-electron chi connectivity index (χ1n) is 23.0. The fourth-order valence-electron chi connectivity index (χ4n) is 7.84. The molecule has 0 aliphatic heterocycles. The number of nitriles is 3. The first kappa shape index (κ1) is 52.4. The highest BCUT2D eigenvalue weighted by atomic mass is 16.4. The van der Waals surface area contributed by atoms with Crippen molar-refractivity contribution in [3.63, 3.8) is 0 Å². The van der Waals surface area contributed by atoms with Gasteiger partial charge in [0.05, 0.1) is 6.57 Å². The largest absolute Gasteiger partial charge is 0.486 e. The van der Waals surface area contributed by atoms with Crippen LogP contribution in [0.1, 0.15) is 61.2 Å². The first-order valence-corrected chi connectivity index (χ1v) is 23.0. The molecule has 0 saturated carbocycles. The van der Waals surface area contributed by atoms with Crippen molar-refractivity contribution in [3.05, 3.63) is 265 Å². The number of hydrogen-bond acceptors (Lipinski definition) is 8. The summed E-state index contributed by atoms with van der Waals surface area (Å²) >= 11 is 0. The van der Waals surface area contributed by atoms with E-state index in [0.29, 0.717) is 22.3 Å². The zero-order chi connectivity index (χ0) is 54.3. The highest BCUT2D eigenvalue weighted by Crippen LogP contribution is 2.37. The van der Waals surface area contributed by atoms with Crippen LogP contribution in [0.2, 0.25) is 0 Å². The van der Waals surface area contributed by atoms with Gasteiger partial charge in [0, 0.05) is 17.1 Å². The number of anilines is 3. The molecular weight excluding hydrogens is 955 g/mol. The van der Waals surface area contributed by atoms with E-state index in [1.807, 2.05) is 140 Å². The average Bonchev–Trinajstić information content (AvgIpc) is 3.43. The zero-order valence-corrected chi connectivity index (χ0v) is 40.3. The Morgan fingerprint density at radius 3 is 0.895 bits per heavy atom. The second-order valence-electron chi connectivity index (χ2n) is 16.8. The van der Waals surface area contributed by atoms with Crippen LogP contribution in [-0.2, 0) is 19.2 Å². The number of aryl methyl sites for hydroxylation is 1. The SMILES string of the molecule is [C-]#[N+]C(=Cc1ccc(C(=Cc2ccc(N(c3ccc(C)cc3)c3ccc(C=C(c4ccc(C=C(C#N)C(=O)O)cc4)c4ccc(C=C(C#N)C(=O)O)cc4)cc3)cc2)c2ccc(C=C(C#N)C(=O)O)cc2)cc1)C(=O)O. The number of rotatable bonds is 17. The maximum atomic E-state index is 11.5. The van der Waals surface area contributed by atoms with Crippen LogP contribution in [0.4, 0.5) is 17.1 Å². The normalized spacial score (nSPS) is 11.7. The molecule has 13 heteroatoms. The molecule has 7 aromatic rings. The van der Waals surface area contributed by atoms with Gasteiger partial charge in [-0.05, 0) is 147 Å². The van der Waals surface area contributed by atoms with Crippen LogP contribution in [0.15, 0.2) is 192 Å². The quantitative estimate of drug-likeness (QED) is 0.0289. The minimum Gasteiger partial charge on any atom is -0.486 e. The fraction of sp³-hybridized carbons (Fsp3) is 0.0159. The number of hydrogen-bond donors (Lipinski definition) is 4. The lowest BCUT2D eigenvalue weighted by Crippen LogP contribution is -2.09. The second kappa shape index (κ2) is 24.2. The van der Waals surface area contributed by atoms with Gasteiger partial charge in [-0.15, -0.1) is 0 Å². The van der Waals surface area contributed by atoms with E-state index in [-0.39, 0.29) is 0 Å². The van der Waals surface area contributed by atoms with Gasteiger partial charge in [0.2, 0.25) is 0 Å². The lowest BCUT2D eigenvalue weighted by Gasteiger charge is -2.26. The monoisotopic (exact) mass is 995 g/mol. The standard InChI is InChI=1S/C63H41N5O8/c1-40-3-25-54(26-4-40)68(55-27-13-44(14-28-55)34-57(47-17-5-41(6-18-47)31-51(37-64)60(69)70)48-19-7-42(8-20-48)32-52(38-65)61(71)72)56-29-15-45(16-30-56)35-58(49-21-9-43(10-22-49)33-53(39-66)62(73)74)50-23-11-46(12-24-50)36-59(67-2)63(75)76/h3-36H,1H3,(H,69,70)(H,71,72)(H,73,74)(H,75,76). The average molecular weight is 996 g/mol. The number of nitrogens with zero attached hydrogens (tertiary/aromatic N) is 5. The maximum absolute atomic E-state index is 11.5. The van der Waals surface area contributed by atoms with Gasteiger partial charge in [0.25, 0.3) is 5.70 Å². The van der Waals surface area contributed by atoms with Crippen molar-refractivity contribution in [2.24, 2.45) is 0 Å². The Labute approximate surface area is 437 Å². The van der Waals surface area contributed by atoms with Crippen LogP contribution in [0.3, 0.4) is 0 Å². The second-order valence-corrected chi connectivity index (χ2v) is 16.8. The Morgan fingerprint density at radius 2 is 0.645 bits per heavy atom. The van der Waals surface area contributed by atoms with Crippen molar-refractivity contribution in [1.82, 2.24) is 0 Å². The number of carboxylic acids is 4. The highest BCUT2D eigenvalue weighted by Gasteiger charge is 2.16. The van der Waals surface area contributed by atoms with Gasteiger partial charge in [-0.3, -0.25) is 4.79 Å². The summed E-state index contributed by atoms with van der Waals surface area (Å²) in [7, 11) is 0. The van der Waals surface area contributed by atoms with E-state index < -0.39 is 46.3 Å². The molecule has 0 aliphatic carbocycles. The van der Waals surface area contributed by atoms with Crippen LogP contribution < -0.4 is 4.90 Å². The lowest BCUT2D eigenvalue weighted by molar-refractivity contribution is -0.133. The van der Waals surface area contributed by atoms with Gasteiger partial charge in [0.15, 0.2) is 0 Å². The van der Waals surface area contributed by atoms with Gasteiger partial charge < -0.3 is 25.3 Å². The van der Waals surface area contributed by atoms with E-state index in [4.69, 9.17) is 6.57 Å². The van der Waals surface area contributed by atoms with E-state index >= 15 is 0 Å². The third kappa shape index (κ3) is 13.1. The number of aliphatic carboxylic acids is 4. The molecule has 0 amide bonds. The number of carbonyl (C=O) groups is 4. The summed E-state index contributed by atoms with van der Waals surface area (Å²) in [5.74, 6) is -5.35. The molecule has 0 atom stereocenters. The summed E-state index contributed by atoms with van der Waals surface area (Å²) in [4.78, 5) is 51.3. The molecule has 7 aromatic carbocycles. The van der Waals surface area contributed by atoms with Crippen molar-refractivity contribution in [2.75, 3.05) is 4.90 Å². The van der Waals surface area contributed by atoms with Crippen molar-refractivity contribution < 1.29 is 39.6 Å². The predicted octanol–water partition coefficient (Wildman–Crippen LogP) is 13.0. The van der Waals surface area contributed by atoms with Gasteiger partial charge >= 0.3 is 23.9 Å². The van der Waals surface area contributed by atoms with E-state index in [1.165, 1.54) is 24.3 Å². The highest BCUT2D eigenvalue weighted by molar-refractivity contribution is 5.99. The molecule has 0 aliphatic rings. The molecule has 4 N–H and O–H groups in total. The first-order chi connectivity index (χ1) is 36.7. The van der Waals surface area contributed by atoms with Gasteiger partial charge in [-0.2, -0.15) is 15.8 Å². The summed E-state index contributed by atoms with van der Waals surface area (Å²) in [6, 6.07) is 57.3. The third-order valence-corrected chi connectivity index (χ3v) is 11.7. The molecule has 0 saturated heterocycles. The lowest BCUT2D eigenvalue weighted by atomic mass is 9.93. The molecule has 0 spiro atoms. The van der Waals surface area contributed by atoms with Crippen molar-refractivity contribution in [1.29, 1.82) is 15.8 Å². The molecule has 0 heterocycles. The molecular formula is C63H41N5O8. The van der Waals surface area contributed by atoms with E-state index in [0.717, 1.165) is 67.2 Å². The van der Waals surface area contributed by atoms with E-state index in [2.05, 4.69) is 9.74 Å².